The van der Waals surface area contributed by atoms with Crippen LogP contribution in [-0.2, 0) is 0 Å². The van der Waals surface area contributed by atoms with Gasteiger partial charge in [0.1, 0.15) is 22.8 Å². The maximum Gasteiger partial charge on any atom is 0.349 e. The van der Waals surface area contributed by atoms with Gasteiger partial charge in [-0.15, -0.1) is 0 Å². The van der Waals surface area contributed by atoms with Crippen LogP contribution in [0.3, 0.4) is 0 Å². The molecule has 0 atom stereocenters. The zero-order chi connectivity index (χ0) is 20.8. The highest BCUT2D eigenvalue weighted by Crippen LogP contribution is 2.28. The van der Waals surface area contributed by atoms with Crippen molar-refractivity contribution in [3.05, 3.63) is 82.1 Å². The van der Waals surface area contributed by atoms with Crippen LogP contribution in [0.15, 0.2) is 63.8 Å². The van der Waals surface area contributed by atoms with E-state index in [-0.39, 0.29) is 11.4 Å². The Kier molecular flexibility index (Phi) is 4.18. The summed E-state index contributed by atoms with van der Waals surface area (Å²) in [6.07, 6.45) is 0. The van der Waals surface area contributed by atoms with E-state index in [9.17, 15) is 14.0 Å². The standard InChI is InChI=1S/C21H13FN4O3S/c1-11-8-18(26(25-11)21-23-15-7-6-13(22)10-17(15)30-21)24-19(27)14-9-12-4-2-3-5-16(12)29-20(14)28/h2-10H,1H3,(H,24,27). The smallest absolute Gasteiger partial charge is 0.349 e. The van der Waals surface area contributed by atoms with Gasteiger partial charge in [0.25, 0.3) is 5.91 Å². The fourth-order valence-corrected chi connectivity index (χ4v) is 4.07. The van der Waals surface area contributed by atoms with Gasteiger partial charge in [-0.1, -0.05) is 29.5 Å². The summed E-state index contributed by atoms with van der Waals surface area (Å²) < 4.78 is 20.9. The maximum atomic E-state index is 13.5. The first kappa shape index (κ1) is 18.2. The van der Waals surface area contributed by atoms with Gasteiger partial charge in [-0.2, -0.15) is 9.78 Å². The Morgan fingerprint density at radius 3 is 2.87 bits per heavy atom. The van der Waals surface area contributed by atoms with Crippen molar-refractivity contribution in [1.29, 1.82) is 0 Å². The van der Waals surface area contributed by atoms with Crippen LogP contribution >= 0.6 is 11.3 Å². The van der Waals surface area contributed by atoms with Crippen LogP contribution in [0.2, 0.25) is 0 Å². The van der Waals surface area contributed by atoms with Crippen molar-refractivity contribution in [2.45, 2.75) is 6.92 Å². The number of thiazole rings is 1. The summed E-state index contributed by atoms with van der Waals surface area (Å²) in [5, 5.41) is 8.18. The van der Waals surface area contributed by atoms with Gasteiger partial charge in [-0.3, -0.25) is 4.79 Å². The molecule has 3 aromatic heterocycles. The molecule has 5 rings (SSSR count). The molecule has 1 amide bonds. The highest BCUT2D eigenvalue weighted by atomic mass is 32.1. The number of hydrogen-bond donors (Lipinski definition) is 1. The van der Waals surface area contributed by atoms with Crippen molar-refractivity contribution >= 4 is 44.2 Å². The van der Waals surface area contributed by atoms with Gasteiger partial charge in [-0.05, 0) is 37.3 Å². The summed E-state index contributed by atoms with van der Waals surface area (Å²) in [5.74, 6) is -0.640. The molecule has 0 spiro atoms. The fourth-order valence-electron chi connectivity index (χ4n) is 3.12. The average Bonchev–Trinajstić information content (AvgIpc) is 3.29. The van der Waals surface area contributed by atoms with Crippen LogP contribution in [-0.4, -0.2) is 20.7 Å². The van der Waals surface area contributed by atoms with Gasteiger partial charge in [-0.25, -0.2) is 14.2 Å². The normalized spacial score (nSPS) is 11.3. The molecule has 30 heavy (non-hydrogen) atoms. The Labute approximate surface area is 172 Å². The summed E-state index contributed by atoms with van der Waals surface area (Å²) in [7, 11) is 0. The van der Waals surface area contributed by atoms with Gasteiger partial charge in [0, 0.05) is 11.5 Å². The molecule has 7 nitrogen and oxygen atoms in total. The lowest BCUT2D eigenvalue weighted by atomic mass is 10.2. The Morgan fingerprint density at radius 1 is 1.17 bits per heavy atom. The Morgan fingerprint density at radius 2 is 2.00 bits per heavy atom. The molecule has 3 heterocycles. The van der Waals surface area contributed by atoms with Crippen molar-refractivity contribution in [3.63, 3.8) is 0 Å². The summed E-state index contributed by atoms with van der Waals surface area (Å²) in [6, 6.07) is 14.4. The van der Waals surface area contributed by atoms with Crippen LogP contribution < -0.4 is 10.9 Å². The van der Waals surface area contributed by atoms with Crippen molar-refractivity contribution < 1.29 is 13.6 Å². The number of hydrogen-bond acceptors (Lipinski definition) is 6. The first-order chi connectivity index (χ1) is 14.5. The minimum absolute atomic E-state index is 0.120. The number of fused-ring (bicyclic) bond motifs is 2. The Bertz CT molecular complexity index is 1500. The molecule has 1 N–H and O–H groups in total. The number of para-hydroxylation sites is 1. The second-order valence-corrected chi connectivity index (χ2v) is 7.64. The average molecular weight is 420 g/mol. The van der Waals surface area contributed by atoms with Crippen molar-refractivity contribution in [2.24, 2.45) is 0 Å². The van der Waals surface area contributed by atoms with Gasteiger partial charge < -0.3 is 9.73 Å². The molecule has 9 heteroatoms. The maximum absolute atomic E-state index is 13.5. The van der Waals surface area contributed by atoms with E-state index in [1.807, 2.05) is 0 Å². The summed E-state index contributed by atoms with van der Waals surface area (Å²) in [4.78, 5) is 29.5. The number of amides is 1. The SMILES string of the molecule is Cc1cc(NC(=O)c2cc3ccccc3oc2=O)n(-c2nc3ccc(F)cc3s2)n1. The summed E-state index contributed by atoms with van der Waals surface area (Å²) in [6.45, 7) is 1.77. The van der Waals surface area contributed by atoms with Crippen molar-refractivity contribution in [2.75, 3.05) is 5.32 Å². The van der Waals surface area contributed by atoms with Crippen LogP contribution in [0, 0.1) is 12.7 Å². The van der Waals surface area contributed by atoms with E-state index >= 15 is 0 Å². The van der Waals surface area contributed by atoms with Crippen molar-refractivity contribution in [3.8, 4) is 5.13 Å². The zero-order valence-corrected chi connectivity index (χ0v) is 16.4. The topological polar surface area (TPSA) is 90.0 Å². The second-order valence-electron chi connectivity index (χ2n) is 6.63. The number of carbonyl (C=O) groups excluding carboxylic acids is 1. The minimum Gasteiger partial charge on any atom is -0.422 e. The Hall–Kier alpha value is -3.85. The number of nitrogens with one attached hydrogen (secondary N) is 1. The van der Waals surface area contributed by atoms with E-state index in [2.05, 4.69) is 15.4 Å². The van der Waals surface area contributed by atoms with Crippen molar-refractivity contribution in [1.82, 2.24) is 14.8 Å². The quantitative estimate of drug-likeness (QED) is 0.440. The van der Waals surface area contributed by atoms with E-state index in [4.69, 9.17) is 4.42 Å². The third-order valence-electron chi connectivity index (χ3n) is 4.48. The first-order valence-electron chi connectivity index (χ1n) is 8.95. The van der Waals surface area contributed by atoms with Gasteiger partial charge in [0.15, 0.2) is 0 Å². The zero-order valence-electron chi connectivity index (χ0n) is 15.5. The molecule has 0 unspecified atom stereocenters. The third kappa shape index (κ3) is 3.15. The highest BCUT2D eigenvalue weighted by molar-refractivity contribution is 7.20. The molecule has 0 aliphatic carbocycles. The molecule has 5 aromatic rings. The third-order valence-corrected chi connectivity index (χ3v) is 5.47. The molecule has 0 fully saturated rings. The molecular weight excluding hydrogens is 407 g/mol. The number of aromatic nitrogens is 3. The first-order valence-corrected chi connectivity index (χ1v) is 9.77. The number of nitrogens with zero attached hydrogens (tertiary/aromatic N) is 3. The molecular formula is C21H13FN4O3S. The molecule has 0 saturated carbocycles. The number of carbonyl (C=O) groups is 1. The van der Waals surface area contributed by atoms with Gasteiger partial charge in [0.05, 0.1) is 15.9 Å². The molecule has 148 valence electrons. The van der Waals surface area contributed by atoms with Crippen LogP contribution in [0.5, 0.6) is 0 Å². The molecule has 0 aliphatic heterocycles. The fraction of sp³-hybridized carbons (Fsp3) is 0.0476. The predicted molar refractivity (Wildman–Crippen MR) is 112 cm³/mol. The van der Waals surface area contributed by atoms with E-state index < -0.39 is 11.5 Å². The highest BCUT2D eigenvalue weighted by Gasteiger charge is 2.18. The van der Waals surface area contributed by atoms with Gasteiger partial charge >= 0.3 is 5.63 Å². The largest absolute Gasteiger partial charge is 0.422 e. The van der Waals surface area contributed by atoms with E-state index in [0.717, 1.165) is 0 Å². The molecule has 0 bridgehead atoms. The predicted octanol–water partition coefficient (Wildman–Crippen LogP) is 4.29. The number of rotatable bonds is 3. The summed E-state index contributed by atoms with van der Waals surface area (Å²) in [5.41, 5.74) is 0.815. The summed E-state index contributed by atoms with van der Waals surface area (Å²) >= 11 is 1.24. The van der Waals surface area contributed by atoms with E-state index in [1.165, 1.54) is 34.2 Å². The Balaban J connectivity index is 1.53. The second kappa shape index (κ2) is 6.89. The minimum atomic E-state index is -0.732. The van der Waals surface area contributed by atoms with Gasteiger partial charge in [0.2, 0.25) is 5.13 Å². The number of anilines is 1. The van der Waals surface area contributed by atoms with E-state index in [0.29, 0.717) is 37.8 Å². The lowest BCUT2D eigenvalue weighted by Gasteiger charge is -2.06. The number of aryl methyl sites for hydroxylation is 1. The lowest BCUT2D eigenvalue weighted by molar-refractivity contribution is 0.102. The van der Waals surface area contributed by atoms with E-state index in [1.54, 1.807) is 43.3 Å². The monoisotopic (exact) mass is 420 g/mol. The van der Waals surface area contributed by atoms with Crippen LogP contribution in [0.4, 0.5) is 10.2 Å². The van der Waals surface area contributed by atoms with Crippen LogP contribution in [0.25, 0.3) is 26.3 Å². The molecule has 0 aliphatic rings. The molecule has 0 saturated heterocycles. The molecule has 0 radical (unpaired) electrons. The number of halogens is 1. The molecule has 2 aromatic carbocycles. The van der Waals surface area contributed by atoms with Crippen LogP contribution in [0.1, 0.15) is 16.1 Å². The lowest BCUT2D eigenvalue weighted by Crippen LogP contribution is -2.22. The number of benzene rings is 2.